The van der Waals surface area contributed by atoms with E-state index in [9.17, 15) is 0 Å². The number of nitrogens with zero attached hydrogens (tertiary/aromatic N) is 1. The van der Waals surface area contributed by atoms with E-state index in [-0.39, 0.29) is 0 Å². The molecule has 0 amide bonds. The van der Waals surface area contributed by atoms with Crippen molar-refractivity contribution in [2.75, 3.05) is 0 Å². The van der Waals surface area contributed by atoms with Crippen molar-refractivity contribution in [3.05, 3.63) is 71.4 Å². The molecule has 4 rings (SSSR count). The van der Waals surface area contributed by atoms with E-state index in [0.717, 1.165) is 12.3 Å². The number of fused-ring (bicyclic) bond motifs is 3. The lowest BCUT2D eigenvalue weighted by Crippen LogP contribution is -2.05. The van der Waals surface area contributed by atoms with Crippen LogP contribution >= 0.6 is 0 Å². The van der Waals surface area contributed by atoms with E-state index in [0.29, 0.717) is 0 Å². The highest BCUT2D eigenvalue weighted by Gasteiger charge is 2.18. The largest absolute Gasteiger partial charge is 0.313 e. The summed E-state index contributed by atoms with van der Waals surface area (Å²) in [6.45, 7) is 4.54. The molecule has 0 spiro atoms. The van der Waals surface area contributed by atoms with Crippen molar-refractivity contribution >= 4 is 17.0 Å². The molecule has 1 heteroatoms. The zero-order chi connectivity index (χ0) is 15.8. The van der Waals surface area contributed by atoms with E-state index in [4.69, 9.17) is 0 Å². The Morgan fingerprint density at radius 3 is 2.70 bits per heavy atom. The second-order valence-electron chi connectivity index (χ2n) is 6.83. The zero-order valence-corrected chi connectivity index (χ0v) is 13.9. The second-order valence-corrected chi connectivity index (χ2v) is 6.83. The van der Waals surface area contributed by atoms with Crippen molar-refractivity contribution in [3.63, 3.8) is 0 Å². The fraction of sp³-hybridized carbons (Fsp3) is 0.273. The molecule has 0 saturated heterocycles. The molecule has 23 heavy (non-hydrogen) atoms. The number of hydrogen-bond donors (Lipinski definition) is 0. The normalized spacial score (nSPS) is 19.1. The minimum absolute atomic E-state index is 0.753. The maximum atomic E-state index is 2.46. The zero-order valence-electron chi connectivity index (χ0n) is 13.9. The van der Waals surface area contributed by atoms with Crippen LogP contribution in [0.5, 0.6) is 0 Å². The van der Waals surface area contributed by atoms with Crippen molar-refractivity contribution in [1.82, 2.24) is 4.57 Å². The van der Waals surface area contributed by atoms with Gasteiger partial charge in [-0.25, -0.2) is 0 Å². The Kier molecular flexibility index (Phi) is 3.57. The summed E-state index contributed by atoms with van der Waals surface area (Å²) in [4.78, 5) is 0. The van der Waals surface area contributed by atoms with Gasteiger partial charge in [0.2, 0.25) is 0 Å². The van der Waals surface area contributed by atoms with Gasteiger partial charge in [0.25, 0.3) is 0 Å². The molecule has 2 aromatic carbocycles. The fourth-order valence-corrected chi connectivity index (χ4v) is 3.71. The number of aryl methyl sites for hydroxylation is 1. The SMILES string of the molecule is Cc1ccc2c(c1)c1c(n2-c2ccccc2)CCC(C)C/C=C\1. The van der Waals surface area contributed by atoms with Crippen molar-refractivity contribution in [1.29, 1.82) is 0 Å². The standard InChI is InChI=1S/C22H23N/c1-16-7-6-10-19-20-15-17(2)12-14-22(20)23(21(19)13-11-16)18-8-4-3-5-9-18/h3-6,8-10,12,14-16H,7,11,13H2,1-2H3/b10-6-. The minimum atomic E-state index is 0.753. The lowest BCUT2D eigenvalue weighted by Gasteiger charge is -2.16. The Balaban J connectivity index is 2.05. The van der Waals surface area contributed by atoms with Gasteiger partial charge in [-0.2, -0.15) is 0 Å². The van der Waals surface area contributed by atoms with Gasteiger partial charge >= 0.3 is 0 Å². The molecule has 0 bridgehead atoms. The van der Waals surface area contributed by atoms with E-state index in [2.05, 4.69) is 79.1 Å². The van der Waals surface area contributed by atoms with Gasteiger partial charge < -0.3 is 4.57 Å². The summed E-state index contributed by atoms with van der Waals surface area (Å²) in [5.74, 6) is 0.753. The monoisotopic (exact) mass is 301 g/mol. The number of rotatable bonds is 1. The molecule has 1 unspecified atom stereocenters. The van der Waals surface area contributed by atoms with E-state index in [1.165, 1.54) is 46.3 Å². The van der Waals surface area contributed by atoms with Crippen LogP contribution < -0.4 is 0 Å². The summed E-state index contributed by atoms with van der Waals surface area (Å²) in [6, 6.07) is 17.6. The predicted octanol–water partition coefficient (Wildman–Crippen LogP) is 5.92. The van der Waals surface area contributed by atoms with Gasteiger partial charge in [0.05, 0.1) is 5.52 Å². The van der Waals surface area contributed by atoms with Crippen LogP contribution in [-0.2, 0) is 6.42 Å². The molecule has 0 radical (unpaired) electrons. The summed E-state index contributed by atoms with van der Waals surface area (Å²) >= 11 is 0. The lowest BCUT2D eigenvalue weighted by atomic mass is 9.95. The summed E-state index contributed by atoms with van der Waals surface area (Å²) in [5, 5.41) is 1.38. The van der Waals surface area contributed by atoms with Crippen LogP contribution in [0, 0.1) is 12.8 Å². The Bertz CT molecular complexity index is 868. The molecule has 1 aliphatic rings. The first-order valence-electron chi connectivity index (χ1n) is 8.60. The molecule has 1 atom stereocenters. The van der Waals surface area contributed by atoms with E-state index < -0.39 is 0 Å². The smallest absolute Gasteiger partial charge is 0.0537 e. The molecular weight excluding hydrogens is 278 g/mol. The average Bonchev–Trinajstić information content (AvgIpc) is 2.84. The van der Waals surface area contributed by atoms with Crippen LogP contribution in [0.2, 0.25) is 0 Å². The number of aromatic nitrogens is 1. The minimum Gasteiger partial charge on any atom is -0.313 e. The first-order valence-corrected chi connectivity index (χ1v) is 8.60. The summed E-state index contributed by atoms with van der Waals surface area (Å²) < 4.78 is 2.46. The van der Waals surface area contributed by atoms with Gasteiger partial charge in [-0.15, -0.1) is 0 Å². The first kappa shape index (κ1) is 14.3. The maximum Gasteiger partial charge on any atom is 0.0537 e. The summed E-state index contributed by atoms with van der Waals surface area (Å²) in [6.07, 6.45) is 8.29. The topological polar surface area (TPSA) is 4.93 Å². The van der Waals surface area contributed by atoms with E-state index in [1.54, 1.807) is 0 Å². The van der Waals surface area contributed by atoms with Crippen molar-refractivity contribution < 1.29 is 0 Å². The summed E-state index contributed by atoms with van der Waals surface area (Å²) in [7, 11) is 0. The van der Waals surface area contributed by atoms with Crippen LogP contribution in [-0.4, -0.2) is 4.57 Å². The third kappa shape index (κ3) is 2.50. The van der Waals surface area contributed by atoms with E-state index >= 15 is 0 Å². The highest BCUT2D eigenvalue weighted by Crippen LogP contribution is 2.34. The van der Waals surface area contributed by atoms with Crippen LogP contribution in [0.3, 0.4) is 0 Å². The molecule has 3 aromatic rings. The molecule has 1 nitrogen and oxygen atoms in total. The second kappa shape index (κ2) is 5.73. The Morgan fingerprint density at radius 1 is 1.04 bits per heavy atom. The van der Waals surface area contributed by atoms with Crippen molar-refractivity contribution in [2.24, 2.45) is 5.92 Å². The van der Waals surface area contributed by atoms with Crippen LogP contribution in [0.15, 0.2) is 54.6 Å². The number of allylic oxidation sites excluding steroid dienone is 1. The van der Waals surface area contributed by atoms with Gasteiger partial charge in [0.1, 0.15) is 0 Å². The van der Waals surface area contributed by atoms with Gasteiger partial charge in [-0.1, -0.05) is 48.9 Å². The van der Waals surface area contributed by atoms with E-state index in [1.807, 2.05) is 0 Å². The number of hydrogen-bond acceptors (Lipinski definition) is 0. The molecule has 0 N–H and O–H groups in total. The lowest BCUT2D eigenvalue weighted by molar-refractivity contribution is 0.533. The molecule has 1 aliphatic carbocycles. The quantitative estimate of drug-likeness (QED) is 0.525. The van der Waals surface area contributed by atoms with Crippen LogP contribution in [0.4, 0.5) is 0 Å². The molecule has 0 fully saturated rings. The molecule has 0 aliphatic heterocycles. The van der Waals surface area contributed by atoms with Gasteiger partial charge in [-0.05, 0) is 56.4 Å². The number of para-hydroxylation sites is 1. The van der Waals surface area contributed by atoms with Crippen LogP contribution in [0.25, 0.3) is 22.7 Å². The predicted molar refractivity (Wildman–Crippen MR) is 99.1 cm³/mol. The molecule has 116 valence electrons. The van der Waals surface area contributed by atoms with Gasteiger partial charge in [0.15, 0.2) is 0 Å². The molecular formula is C22H23N. The highest BCUT2D eigenvalue weighted by molar-refractivity contribution is 5.93. The van der Waals surface area contributed by atoms with Crippen molar-refractivity contribution in [3.8, 4) is 5.69 Å². The Labute approximate surface area is 138 Å². The molecule has 1 aromatic heterocycles. The molecule has 0 saturated carbocycles. The Morgan fingerprint density at radius 2 is 1.87 bits per heavy atom. The van der Waals surface area contributed by atoms with Gasteiger partial charge in [0, 0.05) is 22.3 Å². The molecule has 1 heterocycles. The highest BCUT2D eigenvalue weighted by atomic mass is 15.0. The number of benzene rings is 2. The maximum absolute atomic E-state index is 2.46. The van der Waals surface area contributed by atoms with Crippen molar-refractivity contribution in [2.45, 2.75) is 33.1 Å². The Hall–Kier alpha value is -2.28. The van der Waals surface area contributed by atoms with Gasteiger partial charge in [-0.3, -0.25) is 0 Å². The average molecular weight is 301 g/mol. The fourth-order valence-electron chi connectivity index (χ4n) is 3.71. The summed E-state index contributed by atoms with van der Waals surface area (Å²) in [5.41, 5.74) is 6.80. The third-order valence-corrected chi connectivity index (χ3v) is 4.98. The first-order chi connectivity index (χ1) is 11.2. The third-order valence-electron chi connectivity index (χ3n) is 4.98. The van der Waals surface area contributed by atoms with Crippen LogP contribution in [0.1, 0.15) is 36.6 Å².